The molecule has 1 aromatic heterocycles. The second-order valence-electron chi connectivity index (χ2n) is 3.60. The van der Waals surface area contributed by atoms with Gasteiger partial charge in [-0.25, -0.2) is 8.42 Å². The van der Waals surface area contributed by atoms with Gasteiger partial charge in [0.25, 0.3) is 10.0 Å². The van der Waals surface area contributed by atoms with Crippen LogP contribution >= 0.6 is 27.3 Å². The van der Waals surface area contributed by atoms with E-state index in [2.05, 4.69) is 21.2 Å². The van der Waals surface area contributed by atoms with Gasteiger partial charge in [0.2, 0.25) is 0 Å². The highest BCUT2D eigenvalue weighted by Gasteiger charge is 2.23. The van der Waals surface area contributed by atoms with E-state index in [0.717, 1.165) is 11.3 Å². The van der Waals surface area contributed by atoms with Gasteiger partial charge in [-0.15, -0.1) is 11.3 Å². The van der Waals surface area contributed by atoms with Gasteiger partial charge >= 0.3 is 0 Å². The number of sulfonamides is 1. The molecule has 0 saturated heterocycles. The first-order valence-corrected chi connectivity index (χ1v) is 7.76. The van der Waals surface area contributed by atoms with Gasteiger partial charge in [-0.1, -0.05) is 4.89 Å². The maximum absolute atomic E-state index is 11.4. The Labute approximate surface area is 112 Å². The van der Waals surface area contributed by atoms with Crippen LogP contribution in [-0.4, -0.2) is 24.8 Å². The Morgan fingerprint density at radius 2 is 2.06 bits per heavy atom. The Morgan fingerprint density at radius 3 is 2.53 bits per heavy atom. The van der Waals surface area contributed by atoms with Crippen molar-refractivity contribution < 1.29 is 18.7 Å². The minimum absolute atomic E-state index is 0.0573. The van der Waals surface area contributed by atoms with Gasteiger partial charge in [-0.3, -0.25) is 5.32 Å². The highest BCUT2D eigenvalue weighted by Crippen LogP contribution is 2.33. The van der Waals surface area contributed by atoms with Crippen LogP contribution in [0.25, 0.3) is 0 Å². The summed E-state index contributed by atoms with van der Waals surface area (Å²) in [5.74, 6) is 0. The smallest absolute Gasteiger partial charge is 0.272 e. The minimum atomic E-state index is -3.93. The zero-order valence-electron chi connectivity index (χ0n) is 9.14. The van der Waals surface area contributed by atoms with Crippen LogP contribution in [0.2, 0.25) is 0 Å². The maximum atomic E-state index is 11.4. The summed E-state index contributed by atoms with van der Waals surface area (Å²) in [6, 6.07) is 1.55. The Kier molecular flexibility index (Phi) is 5.07. The Hall–Kier alpha value is -0.0300. The molecule has 1 aromatic rings. The molecule has 1 unspecified atom stereocenters. The molecule has 0 amide bonds. The number of halogens is 1. The van der Waals surface area contributed by atoms with Crippen LogP contribution in [0.3, 0.4) is 0 Å². The van der Waals surface area contributed by atoms with Crippen molar-refractivity contribution >= 4 is 37.3 Å². The number of thiophene rings is 1. The highest BCUT2D eigenvalue weighted by atomic mass is 79.9. The third kappa shape index (κ3) is 3.71. The molecule has 0 fully saturated rings. The van der Waals surface area contributed by atoms with E-state index in [1.165, 1.54) is 11.0 Å². The van der Waals surface area contributed by atoms with Gasteiger partial charge in [0.1, 0.15) is 6.23 Å². The summed E-state index contributed by atoms with van der Waals surface area (Å²) in [4.78, 5) is 1.69. The molecule has 9 heteroatoms. The molecule has 0 bridgehead atoms. The summed E-state index contributed by atoms with van der Waals surface area (Å²) >= 11 is 3.94. The van der Waals surface area contributed by atoms with Crippen LogP contribution < -0.4 is 10.2 Å². The number of nitrogens with one attached hydrogen (secondary N) is 2. The fourth-order valence-corrected chi connectivity index (χ4v) is 4.37. The third-order valence-corrected chi connectivity index (χ3v) is 5.79. The van der Waals surface area contributed by atoms with Crippen molar-refractivity contribution in [3.63, 3.8) is 0 Å². The standard InChI is InChI=1S/C8H13BrN2O4S2/c1-4(2)10-7(12)6-3-5(9)8(16-6)17(14,15)11-13/h3-4,7,10-13H,1-2H3. The first-order valence-electron chi connectivity index (χ1n) is 4.67. The Balaban J connectivity index is 3.04. The van der Waals surface area contributed by atoms with Crippen molar-refractivity contribution in [3.05, 3.63) is 15.4 Å². The molecule has 0 aromatic carbocycles. The lowest BCUT2D eigenvalue weighted by atomic mass is 10.3. The van der Waals surface area contributed by atoms with E-state index < -0.39 is 16.3 Å². The lowest BCUT2D eigenvalue weighted by Crippen LogP contribution is -2.27. The first kappa shape index (κ1) is 15.0. The molecule has 98 valence electrons. The molecule has 0 saturated carbocycles. The van der Waals surface area contributed by atoms with E-state index in [1.54, 1.807) is 0 Å². The molecule has 1 rings (SSSR count). The molecule has 0 aliphatic carbocycles. The fraction of sp³-hybridized carbons (Fsp3) is 0.500. The van der Waals surface area contributed by atoms with Gasteiger partial charge in [-0.2, -0.15) is 0 Å². The third-order valence-electron chi connectivity index (χ3n) is 1.80. The van der Waals surface area contributed by atoms with Crippen LogP contribution in [-0.2, 0) is 10.0 Å². The molecule has 0 spiro atoms. The lowest BCUT2D eigenvalue weighted by Gasteiger charge is -2.13. The van der Waals surface area contributed by atoms with Crippen molar-refractivity contribution in [2.45, 2.75) is 30.3 Å². The zero-order chi connectivity index (χ0) is 13.2. The largest absolute Gasteiger partial charge is 0.373 e. The highest BCUT2D eigenvalue weighted by molar-refractivity contribution is 9.10. The molecule has 0 aliphatic rings. The monoisotopic (exact) mass is 344 g/mol. The van der Waals surface area contributed by atoms with E-state index in [9.17, 15) is 13.5 Å². The summed E-state index contributed by atoms with van der Waals surface area (Å²) < 4.78 is 23.0. The van der Waals surface area contributed by atoms with Crippen LogP contribution in [0.15, 0.2) is 14.7 Å². The summed E-state index contributed by atoms with van der Waals surface area (Å²) in [5.41, 5.74) is 0. The number of aliphatic hydroxyl groups is 1. The van der Waals surface area contributed by atoms with Gasteiger partial charge < -0.3 is 10.3 Å². The van der Waals surface area contributed by atoms with Crippen molar-refractivity contribution in [2.24, 2.45) is 0 Å². The zero-order valence-corrected chi connectivity index (χ0v) is 12.4. The van der Waals surface area contributed by atoms with Crippen LogP contribution in [0.1, 0.15) is 25.0 Å². The fourth-order valence-electron chi connectivity index (χ4n) is 1.13. The number of hydrogen-bond donors (Lipinski definition) is 4. The molecule has 17 heavy (non-hydrogen) atoms. The van der Waals surface area contributed by atoms with Crippen molar-refractivity contribution in [1.82, 2.24) is 10.2 Å². The normalized spacial score (nSPS) is 14.2. The van der Waals surface area contributed by atoms with Gasteiger partial charge in [0, 0.05) is 10.5 Å². The molecule has 0 radical (unpaired) electrons. The van der Waals surface area contributed by atoms with E-state index in [-0.39, 0.29) is 10.3 Å². The van der Waals surface area contributed by atoms with Gasteiger partial charge in [0.15, 0.2) is 4.21 Å². The average Bonchev–Trinajstić information content (AvgIpc) is 2.60. The average molecular weight is 345 g/mol. The predicted molar refractivity (Wildman–Crippen MR) is 67.4 cm³/mol. The van der Waals surface area contributed by atoms with E-state index in [0.29, 0.717) is 9.35 Å². The quantitative estimate of drug-likeness (QED) is 0.474. The lowest BCUT2D eigenvalue weighted by molar-refractivity contribution is 0.132. The van der Waals surface area contributed by atoms with E-state index in [4.69, 9.17) is 5.21 Å². The summed E-state index contributed by atoms with van der Waals surface area (Å²) in [6.45, 7) is 3.72. The topological polar surface area (TPSA) is 98.7 Å². The summed E-state index contributed by atoms with van der Waals surface area (Å²) in [7, 11) is -3.93. The molecular weight excluding hydrogens is 332 g/mol. The van der Waals surface area contributed by atoms with Crippen molar-refractivity contribution in [2.75, 3.05) is 0 Å². The molecule has 1 heterocycles. The second-order valence-corrected chi connectivity index (χ2v) is 7.40. The molecular formula is C8H13BrN2O4S2. The van der Waals surface area contributed by atoms with Crippen LogP contribution in [0, 0.1) is 0 Å². The number of aliphatic hydroxyl groups excluding tert-OH is 1. The van der Waals surface area contributed by atoms with E-state index in [1.807, 2.05) is 13.8 Å². The first-order chi connectivity index (χ1) is 7.77. The summed E-state index contributed by atoms with van der Waals surface area (Å²) in [6.07, 6.45) is -0.945. The van der Waals surface area contributed by atoms with Crippen LogP contribution in [0.4, 0.5) is 0 Å². The molecule has 6 nitrogen and oxygen atoms in total. The second kappa shape index (κ2) is 5.74. The van der Waals surface area contributed by atoms with Gasteiger partial charge in [0.05, 0.1) is 4.88 Å². The summed E-state index contributed by atoms with van der Waals surface area (Å²) in [5, 5.41) is 21.1. The SMILES string of the molecule is CC(C)NC(O)c1cc(Br)c(S(=O)(=O)NO)s1. The maximum Gasteiger partial charge on any atom is 0.272 e. The number of hydrogen-bond acceptors (Lipinski definition) is 6. The van der Waals surface area contributed by atoms with Crippen molar-refractivity contribution in [1.29, 1.82) is 0 Å². The van der Waals surface area contributed by atoms with Gasteiger partial charge in [-0.05, 0) is 35.8 Å². The molecule has 0 aliphatic heterocycles. The Bertz CT molecular complexity index is 486. The predicted octanol–water partition coefficient (Wildman–Crippen LogP) is 1.17. The van der Waals surface area contributed by atoms with E-state index >= 15 is 0 Å². The Morgan fingerprint density at radius 1 is 1.47 bits per heavy atom. The van der Waals surface area contributed by atoms with Crippen molar-refractivity contribution in [3.8, 4) is 0 Å². The van der Waals surface area contributed by atoms with Crippen LogP contribution in [0.5, 0.6) is 0 Å². The molecule has 1 atom stereocenters. The number of rotatable bonds is 5. The molecule has 4 N–H and O–H groups in total. The minimum Gasteiger partial charge on any atom is -0.373 e.